The summed E-state index contributed by atoms with van der Waals surface area (Å²) in [4.78, 5) is 91.9. The topological polar surface area (TPSA) is 342 Å². The van der Waals surface area contributed by atoms with Gasteiger partial charge in [0, 0.05) is 13.6 Å². The zero-order chi connectivity index (χ0) is 38.2. The Labute approximate surface area is 291 Å². The number of primary amides is 1. The molecule has 0 saturated carbocycles. The number of fused-ring (bicyclic) bond motifs is 1. The number of nitrogens with zero attached hydrogens (tertiary/aromatic N) is 2. The number of aliphatic imine (C=N–C) groups is 1. The van der Waals surface area contributed by atoms with Crippen molar-refractivity contribution in [2.75, 3.05) is 40.4 Å². The average Bonchev–Trinajstić information content (AvgIpc) is 3.50. The molecule has 0 radical (unpaired) electrons. The van der Waals surface area contributed by atoms with Gasteiger partial charge < -0.3 is 77.2 Å². The van der Waals surface area contributed by atoms with E-state index in [0.29, 0.717) is 0 Å². The molecule has 3 heterocycles. The number of aliphatic hydroxyl groups is 3. The third-order valence-electron chi connectivity index (χ3n) is 8.41. The van der Waals surface area contributed by atoms with Crippen molar-refractivity contribution in [1.29, 1.82) is 0 Å². The lowest BCUT2D eigenvalue weighted by atomic mass is 9.94. The van der Waals surface area contributed by atoms with Crippen LogP contribution in [0, 0.1) is 5.92 Å². The Kier molecular flexibility index (Phi) is 14.2. The highest BCUT2D eigenvalue weighted by atomic mass is 16.6. The van der Waals surface area contributed by atoms with Gasteiger partial charge in [-0.15, -0.1) is 0 Å². The Morgan fingerprint density at radius 3 is 2.39 bits per heavy atom. The molecule has 8 unspecified atom stereocenters. The van der Waals surface area contributed by atoms with Crippen LogP contribution in [0.5, 0.6) is 0 Å². The number of carbonyl (C=O) groups excluding carboxylic acids is 6. The number of piperidine rings is 1. The molecule has 286 valence electrons. The normalized spacial score (nSPS) is 28.6. The van der Waals surface area contributed by atoms with Crippen LogP contribution in [-0.4, -0.2) is 174 Å². The van der Waals surface area contributed by atoms with Crippen molar-refractivity contribution in [3.63, 3.8) is 0 Å². The lowest BCUT2D eigenvalue weighted by molar-refractivity contribution is -0.219. The van der Waals surface area contributed by atoms with E-state index in [-0.39, 0.29) is 25.5 Å². The van der Waals surface area contributed by atoms with Crippen molar-refractivity contribution in [1.82, 2.24) is 36.8 Å². The predicted octanol–water partition coefficient (Wildman–Crippen LogP) is -7.01. The first-order valence-electron chi connectivity index (χ1n) is 15.9. The highest BCUT2D eigenvalue weighted by Gasteiger charge is 2.52. The number of carboxylic acids is 1. The number of carbonyl (C=O) groups is 7. The standard InChI is InChI=1S/C28H45N9O14/c1-5-11(21(42)32-10(2)25(45)46)22(43)33-12(8-38)26(47)49-9-14-20(51-27(29)48)19(41)18(37(4)15(40)7-30-3)24(50-14)36-28-34-16-13(39)6-31-23(44)17(16)35-28/h10-14,16-20,24,30,38-39,41H,5-9H2,1-4H3,(H2,29,48)(H,31,44)(H,32,42)(H,33,43)(H,45,46)(H2,34,35,36)/t10?,11?,12?,13-,14?,16-,17+,18?,19?,20?,24?/m1/s1. The number of rotatable bonds is 15. The quantitative estimate of drug-likeness (QED) is 0.0550. The van der Waals surface area contributed by atoms with Crippen molar-refractivity contribution < 1.29 is 68.2 Å². The van der Waals surface area contributed by atoms with Crippen LogP contribution >= 0.6 is 0 Å². The average molecular weight is 732 g/mol. The number of esters is 1. The predicted molar refractivity (Wildman–Crippen MR) is 169 cm³/mol. The molecule has 0 aromatic carbocycles. The molecule has 23 nitrogen and oxygen atoms in total. The lowest BCUT2D eigenvalue weighted by Crippen LogP contribution is -2.70. The monoisotopic (exact) mass is 731 g/mol. The second-order valence-corrected chi connectivity index (χ2v) is 12.0. The van der Waals surface area contributed by atoms with Gasteiger partial charge in [0.25, 0.3) is 0 Å². The van der Waals surface area contributed by atoms with Crippen LogP contribution in [0.3, 0.4) is 0 Å². The third-order valence-corrected chi connectivity index (χ3v) is 8.41. The maximum atomic E-state index is 13.0. The second kappa shape index (κ2) is 17.9. The van der Waals surface area contributed by atoms with E-state index >= 15 is 0 Å². The minimum atomic E-state index is -1.76. The fraction of sp³-hybridized carbons (Fsp3) is 0.714. The van der Waals surface area contributed by atoms with Gasteiger partial charge in [0.05, 0.1) is 25.3 Å². The minimum absolute atomic E-state index is 0.0383. The number of amides is 5. The fourth-order valence-corrected chi connectivity index (χ4v) is 5.60. The number of guanidine groups is 1. The number of ether oxygens (including phenoxy) is 3. The number of β-amino-alcohol motifs (C(OH)–C–C–N with tert-alkyl or cyclic N) is 1. The molecule has 11 atom stereocenters. The van der Waals surface area contributed by atoms with Gasteiger partial charge in [-0.1, -0.05) is 6.92 Å². The van der Waals surface area contributed by atoms with E-state index < -0.39 is 122 Å². The number of nitrogens with two attached hydrogens (primary N) is 1. The summed E-state index contributed by atoms with van der Waals surface area (Å²) in [5.41, 5.74) is 5.25. The molecule has 3 aliphatic rings. The largest absolute Gasteiger partial charge is 0.480 e. The molecule has 5 amide bonds. The molecule has 0 aromatic rings. The van der Waals surface area contributed by atoms with E-state index in [9.17, 15) is 48.9 Å². The van der Waals surface area contributed by atoms with Crippen LogP contribution < -0.4 is 37.6 Å². The molecule has 3 aliphatic heterocycles. The summed E-state index contributed by atoms with van der Waals surface area (Å²) in [7, 11) is 2.84. The Hall–Kier alpha value is -4.84. The lowest BCUT2D eigenvalue weighted by Gasteiger charge is -2.47. The molecule has 0 bridgehead atoms. The van der Waals surface area contributed by atoms with Crippen LogP contribution in [0.1, 0.15) is 20.3 Å². The smallest absolute Gasteiger partial charge is 0.404 e. The highest BCUT2D eigenvalue weighted by molar-refractivity contribution is 6.02. The van der Waals surface area contributed by atoms with E-state index in [4.69, 9.17) is 25.1 Å². The van der Waals surface area contributed by atoms with E-state index in [1.54, 1.807) is 0 Å². The van der Waals surface area contributed by atoms with Crippen LogP contribution in [0.2, 0.25) is 0 Å². The summed E-state index contributed by atoms with van der Waals surface area (Å²) in [6, 6.07) is -6.22. The van der Waals surface area contributed by atoms with Gasteiger partial charge >= 0.3 is 18.0 Å². The number of nitrogens with one attached hydrogen (secondary N) is 6. The number of aliphatic hydroxyl groups excluding tert-OH is 3. The van der Waals surface area contributed by atoms with Crippen molar-refractivity contribution >= 4 is 47.6 Å². The van der Waals surface area contributed by atoms with Crippen molar-refractivity contribution in [2.45, 2.75) is 81.1 Å². The number of hydrogen-bond acceptors (Lipinski definition) is 17. The van der Waals surface area contributed by atoms with Gasteiger partial charge in [0.2, 0.25) is 23.6 Å². The summed E-state index contributed by atoms with van der Waals surface area (Å²) in [6.45, 7) is 0.638. The first-order chi connectivity index (χ1) is 24.0. The van der Waals surface area contributed by atoms with Gasteiger partial charge in [-0.3, -0.25) is 24.0 Å². The summed E-state index contributed by atoms with van der Waals surface area (Å²) >= 11 is 0. The third kappa shape index (κ3) is 9.90. The van der Waals surface area contributed by atoms with Crippen LogP contribution in [-0.2, 0) is 43.0 Å². The second-order valence-electron chi connectivity index (χ2n) is 12.0. The molecule has 51 heavy (non-hydrogen) atoms. The van der Waals surface area contributed by atoms with Crippen LogP contribution in [0.25, 0.3) is 0 Å². The number of carboxylic acid groups (broad SMARTS) is 1. The van der Waals surface area contributed by atoms with E-state index in [2.05, 4.69) is 36.9 Å². The molecule has 2 saturated heterocycles. The Balaban J connectivity index is 1.82. The zero-order valence-corrected chi connectivity index (χ0v) is 28.2. The van der Waals surface area contributed by atoms with Gasteiger partial charge in [0.15, 0.2) is 30.4 Å². The molecular formula is C28H45N9O14. The molecule has 3 rings (SSSR count). The number of likely N-dealkylation sites (N-methyl/N-ethyl adjacent to an activating group) is 2. The van der Waals surface area contributed by atoms with E-state index in [1.165, 1.54) is 27.9 Å². The summed E-state index contributed by atoms with van der Waals surface area (Å²) in [5, 5.41) is 56.0. The maximum absolute atomic E-state index is 13.0. The summed E-state index contributed by atoms with van der Waals surface area (Å²) in [5.74, 6) is -7.05. The summed E-state index contributed by atoms with van der Waals surface area (Å²) < 4.78 is 16.4. The molecule has 0 aromatic heterocycles. The van der Waals surface area contributed by atoms with Gasteiger partial charge in [-0.2, -0.15) is 0 Å². The van der Waals surface area contributed by atoms with Crippen molar-refractivity contribution in [3.8, 4) is 0 Å². The molecular weight excluding hydrogens is 686 g/mol. The fourth-order valence-electron chi connectivity index (χ4n) is 5.60. The number of hydrogen-bond donors (Lipinski definition) is 11. The van der Waals surface area contributed by atoms with Gasteiger partial charge in [-0.25, -0.2) is 14.6 Å². The van der Waals surface area contributed by atoms with Crippen LogP contribution in [0.15, 0.2) is 4.99 Å². The maximum Gasteiger partial charge on any atom is 0.404 e. The Bertz CT molecular complexity index is 1370. The van der Waals surface area contributed by atoms with Gasteiger partial charge in [-0.05, 0) is 20.4 Å². The van der Waals surface area contributed by atoms with Crippen LogP contribution in [0.4, 0.5) is 4.79 Å². The minimum Gasteiger partial charge on any atom is -0.480 e. The SMILES string of the molecule is CCC(C(=O)NC(C)C(=O)O)C(=O)NC(CO)C(=O)OCC1OC(NC2=N[C@@H]3C(=O)NC[C@@H](O)[C@H]3N2)C(N(C)C(=O)CNC)C(O)C1OC(N)=O. The first kappa shape index (κ1) is 40.6. The molecule has 0 aliphatic carbocycles. The van der Waals surface area contributed by atoms with Gasteiger partial charge in [0.1, 0.15) is 36.8 Å². The Morgan fingerprint density at radius 2 is 1.82 bits per heavy atom. The highest BCUT2D eigenvalue weighted by Crippen LogP contribution is 2.27. The van der Waals surface area contributed by atoms with Crippen molar-refractivity contribution in [2.24, 2.45) is 16.6 Å². The van der Waals surface area contributed by atoms with Crippen molar-refractivity contribution in [3.05, 3.63) is 0 Å². The zero-order valence-electron chi connectivity index (χ0n) is 28.2. The number of aliphatic carboxylic acids is 1. The molecule has 0 spiro atoms. The summed E-state index contributed by atoms with van der Waals surface area (Å²) in [6.07, 6.45) is -8.81. The first-order valence-corrected chi connectivity index (χ1v) is 15.9. The molecule has 12 N–H and O–H groups in total. The Morgan fingerprint density at radius 1 is 1.16 bits per heavy atom. The van der Waals surface area contributed by atoms with E-state index in [1.807, 2.05) is 0 Å². The molecule has 2 fully saturated rings. The van der Waals surface area contributed by atoms with E-state index in [0.717, 1.165) is 4.90 Å². The molecule has 23 heteroatoms.